The maximum atomic E-state index is 7.12. The molecule has 3 rings (SSSR count). The van der Waals surface area contributed by atoms with Crippen LogP contribution in [0.2, 0.25) is 0 Å². The third-order valence-corrected chi connectivity index (χ3v) is 4.27. The van der Waals surface area contributed by atoms with E-state index in [0.29, 0.717) is 5.82 Å². The minimum Gasteiger partial charge on any atom is -0.384 e. The smallest absolute Gasteiger partial charge is 0.144 e. The van der Waals surface area contributed by atoms with Crippen molar-refractivity contribution in [1.82, 2.24) is 9.97 Å². The van der Waals surface area contributed by atoms with Crippen LogP contribution in [0.25, 0.3) is 21.8 Å². The van der Waals surface area contributed by atoms with Crippen LogP contribution in [0.3, 0.4) is 0 Å². The predicted octanol–water partition coefficient (Wildman–Crippen LogP) is 2.77. The number of amidine groups is 1. The second kappa shape index (κ2) is 6.37. The number of nitrogens with zero attached hydrogens (tertiary/aromatic N) is 3. The summed E-state index contributed by atoms with van der Waals surface area (Å²) >= 11 is 1.41. The summed E-state index contributed by atoms with van der Waals surface area (Å²) < 4.78 is 0. The molecule has 2 heterocycles. The van der Waals surface area contributed by atoms with Crippen molar-refractivity contribution < 1.29 is 0 Å². The maximum absolute atomic E-state index is 7.12. The molecule has 2 aromatic heterocycles. The van der Waals surface area contributed by atoms with Crippen LogP contribution in [0.1, 0.15) is 4.88 Å². The van der Waals surface area contributed by atoms with Gasteiger partial charge in [0.15, 0.2) is 0 Å². The number of anilines is 1. The van der Waals surface area contributed by atoms with Crippen LogP contribution in [0.4, 0.5) is 5.82 Å². The van der Waals surface area contributed by atoms with E-state index in [4.69, 9.17) is 21.9 Å². The predicted molar refractivity (Wildman–Crippen MR) is 94.7 cm³/mol. The number of aromatic nitrogens is 2. The zero-order valence-electron chi connectivity index (χ0n) is 12.1. The van der Waals surface area contributed by atoms with Crippen molar-refractivity contribution in [3.05, 3.63) is 53.5 Å². The number of benzene rings is 1. The number of nitrogen functional groups attached to an aromatic ring is 1. The average Bonchev–Trinajstić information content (AvgIpc) is 3.01. The van der Waals surface area contributed by atoms with Gasteiger partial charge < -0.3 is 11.5 Å². The molecule has 0 radical (unpaired) electrons. The van der Waals surface area contributed by atoms with Crippen molar-refractivity contribution in [3.8, 4) is 21.8 Å². The van der Waals surface area contributed by atoms with Crippen LogP contribution in [0.5, 0.6) is 0 Å². The number of pyridine rings is 1. The number of hydrogen-bond acceptors (Lipinski definition) is 5. The van der Waals surface area contributed by atoms with Gasteiger partial charge in [0.05, 0.1) is 10.6 Å². The van der Waals surface area contributed by atoms with E-state index in [-0.39, 0.29) is 5.84 Å². The molecule has 6 nitrogen and oxygen atoms in total. The first-order valence-corrected chi connectivity index (χ1v) is 7.61. The van der Waals surface area contributed by atoms with Crippen molar-refractivity contribution in [2.45, 2.75) is 0 Å². The summed E-state index contributed by atoms with van der Waals surface area (Å²) in [7, 11) is 0. The summed E-state index contributed by atoms with van der Waals surface area (Å²) in [5.41, 5.74) is 14.3. The largest absolute Gasteiger partial charge is 0.384 e. The molecule has 0 fully saturated rings. The summed E-state index contributed by atoms with van der Waals surface area (Å²) in [5, 5.41) is 7.90. The summed E-state index contributed by atoms with van der Waals surface area (Å²) in [4.78, 5) is 13.3. The third kappa shape index (κ3) is 3.09. The van der Waals surface area contributed by atoms with Crippen molar-refractivity contribution >= 4 is 29.3 Å². The van der Waals surface area contributed by atoms with Crippen LogP contribution in [0, 0.1) is 5.41 Å². The summed E-state index contributed by atoms with van der Waals surface area (Å²) in [6.45, 7) is 0. The van der Waals surface area contributed by atoms with Gasteiger partial charge in [-0.1, -0.05) is 30.3 Å². The van der Waals surface area contributed by atoms with Crippen molar-refractivity contribution in [3.63, 3.8) is 0 Å². The molecule has 0 aliphatic rings. The number of nitrogens with two attached hydrogens (primary N) is 2. The molecule has 0 spiro atoms. The molecular weight excluding hydrogens is 308 g/mol. The molecule has 7 heteroatoms. The van der Waals surface area contributed by atoms with E-state index in [9.17, 15) is 0 Å². The van der Waals surface area contributed by atoms with Gasteiger partial charge in [0, 0.05) is 17.3 Å². The van der Waals surface area contributed by atoms with Gasteiger partial charge in [-0.3, -0.25) is 5.41 Å². The maximum Gasteiger partial charge on any atom is 0.144 e. The summed E-state index contributed by atoms with van der Waals surface area (Å²) in [6.07, 6.45) is 2.57. The van der Waals surface area contributed by atoms with Gasteiger partial charge in [-0.05, 0) is 12.1 Å². The van der Waals surface area contributed by atoms with Crippen molar-refractivity contribution in [2.75, 3.05) is 5.73 Å². The highest BCUT2D eigenvalue weighted by Gasteiger charge is 2.17. The number of hydrogen-bond donors (Lipinski definition) is 3. The molecule has 0 saturated heterocycles. The highest BCUT2D eigenvalue weighted by Crippen LogP contribution is 2.34. The Hall–Kier alpha value is -3.06. The fourth-order valence-electron chi connectivity index (χ4n) is 2.12. The first-order chi connectivity index (χ1) is 11.2. The monoisotopic (exact) mass is 322 g/mol. The van der Waals surface area contributed by atoms with Gasteiger partial charge in [-0.2, -0.15) is 0 Å². The van der Waals surface area contributed by atoms with Gasteiger partial charge in [0.25, 0.3) is 0 Å². The summed E-state index contributed by atoms with van der Waals surface area (Å²) in [6, 6.07) is 13.3. The topological polar surface area (TPSA) is 114 Å². The highest BCUT2D eigenvalue weighted by atomic mass is 32.1. The van der Waals surface area contributed by atoms with E-state index < -0.39 is 0 Å². The third-order valence-electron chi connectivity index (χ3n) is 3.14. The SMILES string of the molecule is N=CN=C(N)c1sc(-c2ccnc(N)c2)nc1-c1ccccc1. The number of aliphatic imine (C=N–C) groups is 1. The van der Waals surface area contributed by atoms with Crippen molar-refractivity contribution in [2.24, 2.45) is 10.7 Å². The Morgan fingerprint density at radius 2 is 1.96 bits per heavy atom. The lowest BCUT2D eigenvalue weighted by molar-refractivity contribution is 1.32. The van der Waals surface area contributed by atoms with E-state index >= 15 is 0 Å². The Bertz CT molecular complexity index is 869. The lowest BCUT2D eigenvalue weighted by Gasteiger charge is -2.00. The van der Waals surface area contributed by atoms with Crippen LogP contribution in [-0.2, 0) is 0 Å². The van der Waals surface area contributed by atoms with Gasteiger partial charge in [-0.15, -0.1) is 11.3 Å². The molecule has 0 atom stereocenters. The number of thiazole rings is 1. The molecule has 0 amide bonds. The molecule has 3 aromatic rings. The van der Waals surface area contributed by atoms with Gasteiger partial charge in [-0.25, -0.2) is 15.0 Å². The normalized spacial score (nSPS) is 11.4. The van der Waals surface area contributed by atoms with E-state index in [2.05, 4.69) is 9.98 Å². The number of nitrogens with one attached hydrogen (secondary N) is 1. The molecule has 0 bridgehead atoms. The van der Waals surface area contributed by atoms with Gasteiger partial charge in [0.2, 0.25) is 0 Å². The molecule has 23 heavy (non-hydrogen) atoms. The average molecular weight is 322 g/mol. The van der Waals surface area contributed by atoms with Crippen LogP contribution in [-0.4, -0.2) is 22.1 Å². The Balaban J connectivity index is 2.18. The first kappa shape index (κ1) is 14.9. The lowest BCUT2D eigenvalue weighted by atomic mass is 10.1. The molecule has 0 saturated carbocycles. The molecule has 0 aliphatic heterocycles. The Morgan fingerprint density at radius 3 is 2.65 bits per heavy atom. The van der Waals surface area contributed by atoms with Crippen LogP contribution < -0.4 is 11.5 Å². The molecule has 1 aromatic carbocycles. The molecule has 5 N–H and O–H groups in total. The summed E-state index contributed by atoms with van der Waals surface area (Å²) in [5.74, 6) is 0.700. The van der Waals surface area contributed by atoms with E-state index in [1.807, 2.05) is 36.4 Å². The van der Waals surface area contributed by atoms with E-state index in [1.54, 1.807) is 12.3 Å². The fraction of sp³-hybridized carbons (Fsp3) is 0. The second-order valence-corrected chi connectivity index (χ2v) is 5.67. The molecule has 0 aliphatic carbocycles. The van der Waals surface area contributed by atoms with Crippen molar-refractivity contribution in [1.29, 1.82) is 5.41 Å². The number of rotatable bonds is 4. The highest BCUT2D eigenvalue weighted by molar-refractivity contribution is 7.17. The Morgan fingerprint density at radius 1 is 1.17 bits per heavy atom. The zero-order valence-corrected chi connectivity index (χ0v) is 12.9. The molecule has 114 valence electrons. The minimum absolute atomic E-state index is 0.268. The molecular formula is C16H14N6S. The Kier molecular flexibility index (Phi) is 4.11. The van der Waals surface area contributed by atoms with Gasteiger partial charge >= 0.3 is 0 Å². The second-order valence-electron chi connectivity index (χ2n) is 4.68. The van der Waals surface area contributed by atoms with E-state index in [0.717, 1.165) is 33.0 Å². The lowest BCUT2D eigenvalue weighted by Crippen LogP contribution is -2.12. The van der Waals surface area contributed by atoms with Crippen LogP contribution in [0.15, 0.2) is 53.7 Å². The first-order valence-electron chi connectivity index (χ1n) is 6.80. The standard InChI is InChI=1S/C16H14N6S/c17-9-21-15(19)14-13(10-4-2-1-3-5-10)22-16(23-14)11-6-7-20-12(18)8-11/h1-9H,(H2,18,20)(H3,17,19,21). The molecule has 0 unspecified atom stereocenters. The fourth-order valence-corrected chi connectivity index (χ4v) is 3.11. The minimum atomic E-state index is 0.268. The zero-order chi connectivity index (χ0) is 16.2. The quantitative estimate of drug-likeness (QED) is 0.506. The van der Waals surface area contributed by atoms with E-state index in [1.165, 1.54) is 11.3 Å². The van der Waals surface area contributed by atoms with Crippen LogP contribution >= 0.6 is 11.3 Å². The Labute approximate surface area is 137 Å². The van der Waals surface area contributed by atoms with Gasteiger partial charge in [0.1, 0.15) is 23.0 Å².